The zero-order chi connectivity index (χ0) is 16.1. The lowest BCUT2D eigenvalue weighted by molar-refractivity contribution is 0.373. The number of hydrogen-bond acceptors (Lipinski definition) is 7. The Kier molecular flexibility index (Phi) is 5.40. The van der Waals surface area contributed by atoms with Gasteiger partial charge in [-0.3, -0.25) is 0 Å². The molecule has 0 saturated carbocycles. The monoisotopic (exact) mass is 347 g/mol. The highest BCUT2D eigenvalue weighted by Crippen LogP contribution is 2.24. The minimum absolute atomic E-state index is 0.0606. The van der Waals surface area contributed by atoms with E-state index in [1.807, 2.05) is 0 Å². The van der Waals surface area contributed by atoms with Crippen molar-refractivity contribution >= 4 is 22.0 Å². The molecule has 0 aliphatic rings. The maximum absolute atomic E-state index is 12.9. The molecule has 6 nitrogen and oxygen atoms in total. The molecule has 2 rings (SSSR count). The Morgan fingerprint density at radius 3 is 2.82 bits per heavy atom. The maximum Gasteiger partial charge on any atom is 0.301 e. The number of allylic oxidation sites excluding steroid dienone is 1. The van der Waals surface area contributed by atoms with E-state index in [-0.39, 0.29) is 11.6 Å². The number of aromatic nitrogens is 3. The van der Waals surface area contributed by atoms with E-state index in [9.17, 15) is 13.2 Å². The molecule has 116 valence electrons. The smallest absolute Gasteiger partial charge is 0.301 e. The van der Waals surface area contributed by atoms with Gasteiger partial charge in [0.2, 0.25) is 17.9 Å². The summed E-state index contributed by atoms with van der Waals surface area (Å²) in [6.45, 7) is 1.62. The summed E-state index contributed by atoms with van der Waals surface area (Å²) in [4.78, 5) is 8.21. The van der Waals surface area contributed by atoms with E-state index in [4.69, 9.17) is 9.78 Å². The van der Waals surface area contributed by atoms with Gasteiger partial charge in [0.25, 0.3) is 0 Å². The molecule has 0 aliphatic carbocycles. The van der Waals surface area contributed by atoms with Crippen LogP contribution in [0.4, 0.5) is 13.2 Å². The fourth-order valence-electron chi connectivity index (χ4n) is 1.37. The van der Waals surface area contributed by atoms with Gasteiger partial charge in [0.1, 0.15) is 5.69 Å². The molecule has 0 spiro atoms. The summed E-state index contributed by atoms with van der Waals surface area (Å²) in [7, 11) is -1.09. The molecule has 0 N–H and O–H groups in total. The van der Waals surface area contributed by atoms with Crippen molar-refractivity contribution in [3.8, 4) is 17.7 Å². The number of nitrogens with zero attached hydrogens (tertiary/aromatic N) is 5. The Hall–Kier alpha value is -2.06. The first kappa shape index (κ1) is 16.3. The van der Waals surface area contributed by atoms with E-state index in [2.05, 4.69) is 19.5 Å². The fraction of sp³-hybridized carbons (Fsp3) is 0.273. The van der Waals surface area contributed by atoms with E-state index in [0.29, 0.717) is 15.9 Å². The molecule has 22 heavy (non-hydrogen) atoms. The van der Waals surface area contributed by atoms with E-state index in [0.717, 1.165) is 0 Å². The van der Waals surface area contributed by atoms with Crippen LogP contribution in [0.1, 0.15) is 12.3 Å². The Labute approximate surface area is 129 Å². The zero-order valence-corrected chi connectivity index (χ0v) is 12.7. The van der Waals surface area contributed by atoms with Crippen LogP contribution >= 0.6 is 11.3 Å². The summed E-state index contributed by atoms with van der Waals surface area (Å²) in [5.74, 6) is -0.914. The van der Waals surface area contributed by atoms with E-state index < -0.39 is 29.0 Å². The van der Waals surface area contributed by atoms with Crippen LogP contribution in [-0.2, 0) is 10.7 Å². The Morgan fingerprint density at radius 1 is 1.45 bits per heavy atom. The molecule has 0 aliphatic heterocycles. The Morgan fingerprint density at radius 2 is 2.23 bits per heavy atom. The molecule has 0 fully saturated rings. The number of aryl methyl sites for hydroxylation is 1. The van der Waals surface area contributed by atoms with Crippen molar-refractivity contribution in [1.82, 2.24) is 15.1 Å². The summed E-state index contributed by atoms with van der Waals surface area (Å²) in [6, 6.07) is 0. The summed E-state index contributed by atoms with van der Waals surface area (Å²) in [6.07, 6.45) is -1.27. The highest BCUT2D eigenvalue weighted by atomic mass is 32.2. The summed E-state index contributed by atoms with van der Waals surface area (Å²) in [5.41, 5.74) is 0.426. The first-order valence-corrected chi connectivity index (χ1v) is 8.01. The van der Waals surface area contributed by atoms with Gasteiger partial charge in [0.05, 0.1) is 0 Å². The largest absolute Gasteiger partial charge is 0.339 e. The second-order valence-corrected chi connectivity index (χ2v) is 6.63. The van der Waals surface area contributed by atoms with Crippen molar-refractivity contribution in [2.45, 2.75) is 17.7 Å². The fourth-order valence-corrected chi connectivity index (χ4v) is 3.86. The number of hydrogen-bond donors (Lipinski definition) is 0. The number of nitriles is 1. The predicted molar refractivity (Wildman–Crippen MR) is 73.6 cm³/mol. The third kappa shape index (κ3) is 3.99. The first-order valence-electron chi connectivity index (χ1n) is 5.78. The molecule has 2 aromatic heterocycles. The van der Waals surface area contributed by atoms with Gasteiger partial charge in [-0.25, -0.2) is 9.37 Å². The van der Waals surface area contributed by atoms with Crippen LogP contribution in [0.25, 0.3) is 11.5 Å². The first-order chi connectivity index (χ1) is 10.5. The third-order valence-electron chi connectivity index (χ3n) is 2.31. The van der Waals surface area contributed by atoms with Crippen molar-refractivity contribution in [3.63, 3.8) is 0 Å². The van der Waals surface area contributed by atoms with Gasteiger partial charge in [-0.15, -0.1) is 15.7 Å². The van der Waals surface area contributed by atoms with Crippen molar-refractivity contribution in [2.75, 3.05) is 5.75 Å². The number of halogens is 3. The van der Waals surface area contributed by atoms with Crippen LogP contribution in [0.2, 0.25) is 0 Å². The van der Waals surface area contributed by atoms with Crippen molar-refractivity contribution in [1.29, 1.82) is 5.26 Å². The van der Waals surface area contributed by atoms with E-state index in [1.165, 1.54) is 11.3 Å². The Bertz CT molecular complexity index is 773. The maximum atomic E-state index is 12.9. The second kappa shape index (κ2) is 7.28. The van der Waals surface area contributed by atoms with Crippen molar-refractivity contribution in [3.05, 3.63) is 23.2 Å². The predicted octanol–water partition coefficient (Wildman–Crippen LogP) is 3.61. The van der Waals surface area contributed by atoms with Crippen LogP contribution in [0.15, 0.2) is 30.5 Å². The standard InChI is InChI=1S/C11H8F3N5OS2/c1-6-17-10(19-20-6)8-4-21-11(18-8)22(16-5-15)3-2-7(12)9(13)14/h4H,2-3H2,1H3. The van der Waals surface area contributed by atoms with E-state index in [1.54, 1.807) is 18.5 Å². The van der Waals surface area contributed by atoms with Crippen LogP contribution in [0.5, 0.6) is 0 Å². The van der Waals surface area contributed by atoms with Crippen molar-refractivity contribution < 1.29 is 17.7 Å². The summed E-state index contributed by atoms with van der Waals surface area (Å²) < 4.78 is 45.9. The van der Waals surface area contributed by atoms with Crippen LogP contribution in [-0.4, -0.2) is 20.9 Å². The molecule has 0 aromatic carbocycles. The average molecular weight is 347 g/mol. The van der Waals surface area contributed by atoms with Crippen LogP contribution in [0.3, 0.4) is 0 Å². The van der Waals surface area contributed by atoms with Gasteiger partial charge < -0.3 is 4.52 Å². The lowest BCUT2D eigenvalue weighted by Gasteiger charge is -2.00. The van der Waals surface area contributed by atoms with E-state index >= 15 is 0 Å². The SMILES string of the molecule is Cc1nc(-c2csc(/S(CCC(F)=C(F)F)=N\C#N)n2)no1. The van der Waals surface area contributed by atoms with Gasteiger partial charge in [0, 0.05) is 24.5 Å². The normalized spacial score (nSPS) is 12.1. The summed E-state index contributed by atoms with van der Waals surface area (Å²) >= 11 is 1.17. The second-order valence-electron chi connectivity index (χ2n) is 3.81. The van der Waals surface area contributed by atoms with Crippen molar-refractivity contribution in [2.24, 2.45) is 4.36 Å². The molecule has 1 atom stereocenters. The molecule has 0 saturated heterocycles. The molecular weight excluding hydrogens is 339 g/mol. The van der Waals surface area contributed by atoms with Crippen LogP contribution in [0, 0.1) is 18.4 Å². The van der Waals surface area contributed by atoms with Crippen LogP contribution < -0.4 is 0 Å². The lowest BCUT2D eigenvalue weighted by atomic mass is 10.4. The molecule has 1 unspecified atom stereocenters. The van der Waals surface area contributed by atoms with Gasteiger partial charge in [-0.1, -0.05) is 5.16 Å². The quantitative estimate of drug-likeness (QED) is 0.771. The highest BCUT2D eigenvalue weighted by molar-refractivity contribution is 7.89. The zero-order valence-electron chi connectivity index (χ0n) is 11.1. The molecule has 2 heterocycles. The highest BCUT2D eigenvalue weighted by Gasteiger charge is 2.15. The van der Waals surface area contributed by atoms with Gasteiger partial charge in [0.15, 0.2) is 10.2 Å². The topological polar surface area (TPSA) is 88.0 Å². The lowest BCUT2D eigenvalue weighted by Crippen LogP contribution is -1.98. The molecule has 0 radical (unpaired) electrons. The Balaban J connectivity index is 2.20. The summed E-state index contributed by atoms with van der Waals surface area (Å²) in [5, 5.41) is 14.0. The van der Waals surface area contributed by atoms with Gasteiger partial charge in [-0.2, -0.15) is 19.0 Å². The molecule has 0 bridgehead atoms. The molecule has 0 amide bonds. The minimum Gasteiger partial charge on any atom is -0.339 e. The molecule has 2 aromatic rings. The third-order valence-corrected chi connectivity index (χ3v) is 5.20. The molecule has 11 heteroatoms. The molecular formula is C11H8F3N5OS2. The minimum atomic E-state index is -2.36. The van der Waals surface area contributed by atoms with Gasteiger partial charge in [-0.05, 0) is 10.7 Å². The number of thiazole rings is 1. The average Bonchev–Trinajstić information content (AvgIpc) is 3.11. The number of rotatable bonds is 5. The van der Waals surface area contributed by atoms with Gasteiger partial charge >= 0.3 is 6.08 Å².